The Morgan fingerprint density at radius 2 is 1.25 bits per heavy atom. The molecule has 2 aliphatic rings. The molecule has 0 saturated heterocycles. The first-order valence-electron chi connectivity index (χ1n) is 16.6. The minimum atomic E-state index is -0.0405. The summed E-state index contributed by atoms with van der Waals surface area (Å²) in [6, 6.07) is 55.7. The molecule has 0 bridgehead atoms. The van der Waals surface area contributed by atoms with Crippen LogP contribution in [0.25, 0.3) is 76.4 Å². The van der Waals surface area contributed by atoms with Crippen molar-refractivity contribution < 1.29 is 4.42 Å². The summed E-state index contributed by atoms with van der Waals surface area (Å²) in [4.78, 5) is 2.54. The van der Waals surface area contributed by atoms with Crippen LogP contribution >= 0.6 is 0 Å². The van der Waals surface area contributed by atoms with Crippen molar-refractivity contribution >= 4 is 100 Å². The first-order chi connectivity index (χ1) is 23.8. The zero-order valence-electron chi connectivity index (χ0n) is 25.8. The summed E-state index contributed by atoms with van der Waals surface area (Å²) in [5.74, 6) is 0. The Hall–Kier alpha value is -6.26. The number of furan rings is 1. The highest BCUT2D eigenvalue weighted by atomic mass is 16.3. The van der Waals surface area contributed by atoms with Gasteiger partial charge in [-0.2, -0.15) is 0 Å². The van der Waals surface area contributed by atoms with Crippen molar-refractivity contribution in [3.05, 3.63) is 152 Å². The topological polar surface area (TPSA) is 21.3 Å². The summed E-state index contributed by atoms with van der Waals surface area (Å²) < 4.78 is 9.49. The van der Waals surface area contributed by atoms with E-state index in [1.54, 1.807) is 0 Å². The summed E-state index contributed by atoms with van der Waals surface area (Å²) >= 11 is 0. The number of para-hydroxylation sites is 3. The molecule has 3 nitrogen and oxygen atoms in total. The molecule has 4 heterocycles. The lowest BCUT2D eigenvalue weighted by molar-refractivity contribution is 0.670. The lowest BCUT2D eigenvalue weighted by Crippen LogP contribution is -2.56. The molecule has 0 fully saturated rings. The molecule has 0 unspecified atom stereocenters. The van der Waals surface area contributed by atoms with E-state index in [0.717, 1.165) is 27.6 Å². The van der Waals surface area contributed by atoms with Crippen LogP contribution in [0.4, 0.5) is 17.1 Å². The summed E-state index contributed by atoms with van der Waals surface area (Å²) in [6.45, 7) is -0.0405. The first kappa shape index (κ1) is 24.9. The summed E-state index contributed by atoms with van der Waals surface area (Å²) in [6.07, 6.45) is 0. The Kier molecular flexibility index (Phi) is 4.54. The number of anilines is 3. The molecule has 2 aromatic heterocycles. The molecule has 0 aliphatic carbocycles. The van der Waals surface area contributed by atoms with E-state index in [1.807, 2.05) is 0 Å². The molecule has 12 rings (SSSR count). The van der Waals surface area contributed by atoms with Crippen molar-refractivity contribution in [2.24, 2.45) is 0 Å². The number of hydrogen-bond acceptors (Lipinski definition) is 2. The zero-order chi connectivity index (χ0) is 31.1. The lowest BCUT2D eigenvalue weighted by atomic mass is 9.44. The van der Waals surface area contributed by atoms with Crippen LogP contribution in [0.5, 0.6) is 0 Å². The molecular weight excluding hydrogens is 583 g/mol. The summed E-state index contributed by atoms with van der Waals surface area (Å²) in [5, 5.41) is 9.80. The van der Waals surface area contributed by atoms with Crippen molar-refractivity contribution in [3.63, 3.8) is 0 Å². The van der Waals surface area contributed by atoms with Crippen LogP contribution in [0.15, 0.2) is 156 Å². The van der Waals surface area contributed by atoms with Gasteiger partial charge in [0, 0.05) is 60.5 Å². The Morgan fingerprint density at radius 1 is 0.521 bits per heavy atom. The van der Waals surface area contributed by atoms with Gasteiger partial charge in [-0.3, -0.25) is 0 Å². The monoisotopic (exact) mass is 608 g/mol. The van der Waals surface area contributed by atoms with Gasteiger partial charge in [0.2, 0.25) is 0 Å². The summed E-state index contributed by atoms with van der Waals surface area (Å²) in [5.41, 5.74) is 13.0. The fraction of sp³-hybridized carbons (Fsp3) is 0. The van der Waals surface area contributed by atoms with Gasteiger partial charge < -0.3 is 13.8 Å². The molecule has 0 saturated carbocycles. The van der Waals surface area contributed by atoms with Crippen LogP contribution in [0.3, 0.4) is 0 Å². The number of nitrogens with zero attached hydrogens (tertiary/aromatic N) is 2. The Labute approximate surface area is 275 Å². The molecule has 8 aromatic carbocycles. The van der Waals surface area contributed by atoms with Crippen LogP contribution < -0.4 is 15.8 Å². The quantitative estimate of drug-likeness (QED) is 0.173. The molecule has 0 amide bonds. The van der Waals surface area contributed by atoms with E-state index in [2.05, 4.69) is 161 Å². The number of hydrogen-bond donors (Lipinski definition) is 0. The molecule has 0 radical (unpaired) electrons. The molecule has 0 atom stereocenters. The third-order valence-electron chi connectivity index (χ3n) is 10.9. The normalized spacial score (nSPS) is 13.3. The Balaban J connectivity index is 1.34. The second kappa shape index (κ2) is 8.75. The van der Waals surface area contributed by atoms with Gasteiger partial charge in [-0.1, -0.05) is 121 Å². The SMILES string of the molecule is c1ccc2cc(N3c4cc5c(oc6ccccc65)c5c4B(c4ccc6ccccc6c43)n3c4ccccc4c4cccc-5c43)ccc2c1. The predicted molar refractivity (Wildman–Crippen MR) is 202 cm³/mol. The highest BCUT2D eigenvalue weighted by molar-refractivity contribution is 6.90. The molecule has 48 heavy (non-hydrogen) atoms. The molecule has 0 N–H and O–H groups in total. The largest absolute Gasteiger partial charge is 0.455 e. The third-order valence-corrected chi connectivity index (χ3v) is 10.9. The van der Waals surface area contributed by atoms with E-state index in [4.69, 9.17) is 4.42 Å². The number of benzene rings is 8. The average molecular weight is 609 g/mol. The van der Waals surface area contributed by atoms with E-state index in [9.17, 15) is 0 Å². The smallest absolute Gasteiger partial charge is 0.333 e. The molecule has 4 heteroatoms. The van der Waals surface area contributed by atoms with E-state index in [-0.39, 0.29) is 6.85 Å². The predicted octanol–water partition coefficient (Wildman–Crippen LogP) is 10.4. The number of rotatable bonds is 1. The van der Waals surface area contributed by atoms with E-state index in [0.29, 0.717) is 0 Å². The minimum absolute atomic E-state index is 0.0405. The van der Waals surface area contributed by atoms with Crippen LogP contribution in [0.2, 0.25) is 0 Å². The van der Waals surface area contributed by atoms with E-state index >= 15 is 0 Å². The Morgan fingerprint density at radius 3 is 2.17 bits per heavy atom. The highest BCUT2D eigenvalue weighted by Crippen LogP contribution is 2.50. The minimum Gasteiger partial charge on any atom is -0.455 e. The molecule has 0 spiro atoms. The van der Waals surface area contributed by atoms with Gasteiger partial charge in [-0.15, -0.1) is 0 Å². The van der Waals surface area contributed by atoms with Gasteiger partial charge in [-0.05, 0) is 57.4 Å². The van der Waals surface area contributed by atoms with Gasteiger partial charge in [-0.25, -0.2) is 0 Å². The second-order valence-corrected chi connectivity index (χ2v) is 13.2. The summed E-state index contributed by atoms with van der Waals surface area (Å²) in [7, 11) is 0. The van der Waals surface area contributed by atoms with Crippen LogP contribution in [-0.2, 0) is 0 Å². The van der Waals surface area contributed by atoms with Crippen LogP contribution in [0, 0.1) is 0 Å². The van der Waals surface area contributed by atoms with Crippen molar-refractivity contribution in [2.75, 3.05) is 4.90 Å². The van der Waals surface area contributed by atoms with Gasteiger partial charge >= 0.3 is 6.85 Å². The van der Waals surface area contributed by atoms with Gasteiger partial charge in [0.05, 0.1) is 5.69 Å². The van der Waals surface area contributed by atoms with Crippen molar-refractivity contribution in [3.8, 4) is 11.1 Å². The highest BCUT2D eigenvalue weighted by Gasteiger charge is 2.44. The second-order valence-electron chi connectivity index (χ2n) is 13.2. The molecule has 220 valence electrons. The average Bonchev–Trinajstić information content (AvgIpc) is 3.69. The molecular formula is C44H25BN2O. The van der Waals surface area contributed by atoms with Crippen LogP contribution in [-0.4, -0.2) is 11.3 Å². The maximum atomic E-state index is 6.87. The van der Waals surface area contributed by atoms with Gasteiger partial charge in [0.1, 0.15) is 11.2 Å². The van der Waals surface area contributed by atoms with Crippen molar-refractivity contribution in [1.29, 1.82) is 0 Å². The van der Waals surface area contributed by atoms with Gasteiger partial charge in [0.25, 0.3) is 0 Å². The zero-order valence-corrected chi connectivity index (χ0v) is 25.8. The lowest BCUT2D eigenvalue weighted by Gasteiger charge is -2.41. The van der Waals surface area contributed by atoms with Crippen molar-refractivity contribution in [2.45, 2.75) is 0 Å². The molecule has 10 aromatic rings. The first-order valence-corrected chi connectivity index (χ1v) is 16.6. The maximum absolute atomic E-state index is 6.87. The number of aromatic nitrogens is 1. The molecule has 2 aliphatic heterocycles. The fourth-order valence-electron chi connectivity index (χ4n) is 8.98. The Bertz CT molecular complexity index is 3040. The van der Waals surface area contributed by atoms with Gasteiger partial charge in [0.15, 0.2) is 0 Å². The standard InChI is InChI=1S/C44H25BN2O/c1-2-12-28-24-29(22-20-26(28)10-1)46-38-25-35-32-15-6-8-19-39(32)48-44(35)40-34-17-9-16-33-31-14-5-7-18-37(31)47(42(33)34)45(41(38)40)36-23-21-27-11-3-4-13-30(27)43(36)46/h1-25H. The fourth-order valence-corrected chi connectivity index (χ4v) is 8.98. The van der Waals surface area contributed by atoms with E-state index < -0.39 is 0 Å². The van der Waals surface area contributed by atoms with Crippen molar-refractivity contribution in [1.82, 2.24) is 4.48 Å². The maximum Gasteiger partial charge on any atom is 0.333 e. The number of fused-ring (bicyclic) bond motifs is 14. The van der Waals surface area contributed by atoms with E-state index in [1.165, 1.54) is 76.8 Å². The third kappa shape index (κ3) is 2.97. The van der Waals surface area contributed by atoms with Crippen LogP contribution in [0.1, 0.15) is 0 Å².